The number of amides is 1. The number of hydrogen-bond acceptors (Lipinski definition) is 3. The number of carbonyl (C=O) groups excluding carboxylic acids is 1. The predicted molar refractivity (Wildman–Crippen MR) is 82.5 cm³/mol. The van der Waals surface area contributed by atoms with Crippen molar-refractivity contribution >= 4 is 11.4 Å². The van der Waals surface area contributed by atoms with Crippen molar-refractivity contribution < 1.29 is 9.90 Å². The zero-order valence-electron chi connectivity index (χ0n) is 12.5. The highest BCUT2D eigenvalue weighted by Gasteiger charge is 2.52. The third kappa shape index (κ3) is 2.11. The van der Waals surface area contributed by atoms with E-state index in [0.717, 1.165) is 17.9 Å². The molecule has 5 heteroatoms. The van der Waals surface area contributed by atoms with Crippen molar-refractivity contribution in [3.05, 3.63) is 36.4 Å². The van der Waals surface area contributed by atoms with Gasteiger partial charge in [-0.15, -0.1) is 0 Å². The molecule has 2 aliphatic carbocycles. The monoisotopic (exact) mass is 299 g/mol. The molecule has 2 heterocycles. The lowest BCUT2D eigenvalue weighted by molar-refractivity contribution is -0.0361. The zero-order valence-corrected chi connectivity index (χ0v) is 12.5. The highest BCUT2D eigenvalue weighted by Crippen LogP contribution is 2.57. The fourth-order valence-electron chi connectivity index (χ4n) is 3.88. The highest BCUT2D eigenvalue weighted by molar-refractivity contribution is 5.98. The summed E-state index contributed by atoms with van der Waals surface area (Å²) in [6.07, 6.45) is 8.30. The molecule has 2 aliphatic rings. The van der Waals surface area contributed by atoms with E-state index in [4.69, 9.17) is 0 Å². The minimum absolute atomic E-state index is 0.105. The molecule has 0 bridgehead atoms. The molecule has 2 N–H and O–H groups in total. The van der Waals surface area contributed by atoms with E-state index in [1.54, 1.807) is 6.33 Å². The van der Waals surface area contributed by atoms with E-state index in [1.165, 1.54) is 19.3 Å². The highest BCUT2D eigenvalue weighted by atomic mass is 16.3. The fraction of sp³-hybridized carbons (Fsp3) is 0.529. The third-order valence-corrected chi connectivity index (χ3v) is 5.51. The number of hydrogen-bond donors (Lipinski definition) is 2. The minimum atomic E-state index is -0.150. The Kier molecular flexibility index (Phi) is 3.18. The lowest BCUT2D eigenvalue weighted by Gasteiger charge is -2.49. The molecular formula is C17H21N3O2. The van der Waals surface area contributed by atoms with Gasteiger partial charge in [0.2, 0.25) is 0 Å². The average molecular weight is 299 g/mol. The fourth-order valence-corrected chi connectivity index (χ4v) is 3.88. The van der Waals surface area contributed by atoms with Gasteiger partial charge in [0, 0.05) is 18.2 Å². The zero-order chi connectivity index (χ0) is 15.2. The average Bonchev–Trinajstić information content (AvgIpc) is 3.24. The number of aliphatic hydroxyl groups is 1. The Hall–Kier alpha value is -1.88. The number of aromatic nitrogens is 2. The summed E-state index contributed by atoms with van der Waals surface area (Å²) in [5, 5.41) is 12.8. The number of carbonyl (C=O) groups is 1. The van der Waals surface area contributed by atoms with Crippen molar-refractivity contribution in [2.45, 2.75) is 25.7 Å². The number of pyridine rings is 1. The Balaban J connectivity index is 1.48. The van der Waals surface area contributed by atoms with Crippen LogP contribution in [0.4, 0.5) is 0 Å². The predicted octanol–water partition coefficient (Wildman–Crippen LogP) is 1.86. The van der Waals surface area contributed by atoms with Gasteiger partial charge in [-0.3, -0.25) is 4.79 Å². The van der Waals surface area contributed by atoms with Crippen LogP contribution in [0, 0.1) is 17.3 Å². The molecule has 2 aromatic heterocycles. The van der Waals surface area contributed by atoms with Crippen LogP contribution in [-0.4, -0.2) is 33.6 Å². The first-order valence-electron chi connectivity index (χ1n) is 8.04. The molecule has 1 amide bonds. The van der Waals surface area contributed by atoms with Crippen LogP contribution in [0.5, 0.6) is 0 Å². The van der Waals surface area contributed by atoms with Gasteiger partial charge in [0.05, 0.1) is 12.1 Å². The first kappa shape index (κ1) is 13.8. The number of nitrogens with one attached hydrogen (secondary N) is 1. The Morgan fingerprint density at radius 3 is 2.95 bits per heavy atom. The van der Waals surface area contributed by atoms with Crippen LogP contribution in [-0.2, 0) is 0 Å². The molecule has 0 saturated heterocycles. The van der Waals surface area contributed by atoms with Crippen LogP contribution in [0.1, 0.15) is 36.2 Å². The van der Waals surface area contributed by atoms with E-state index in [-0.39, 0.29) is 17.9 Å². The van der Waals surface area contributed by atoms with Crippen molar-refractivity contribution in [3.8, 4) is 0 Å². The van der Waals surface area contributed by atoms with E-state index in [9.17, 15) is 9.90 Å². The Morgan fingerprint density at radius 1 is 1.41 bits per heavy atom. The van der Waals surface area contributed by atoms with Crippen molar-refractivity contribution in [1.82, 2.24) is 14.7 Å². The van der Waals surface area contributed by atoms with E-state index >= 15 is 0 Å². The molecular weight excluding hydrogens is 278 g/mol. The van der Waals surface area contributed by atoms with Crippen molar-refractivity contribution in [3.63, 3.8) is 0 Å². The molecule has 22 heavy (non-hydrogen) atoms. The maximum Gasteiger partial charge on any atom is 0.272 e. The van der Waals surface area contributed by atoms with Gasteiger partial charge in [0.15, 0.2) is 5.69 Å². The number of imidazole rings is 1. The van der Waals surface area contributed by atoms with E-state index in [1.807, 2.05) is 28.8 Å². The Morgan fingerprint density at radius 2 is 2.27 bits per heavy atom. The van der Waals surface area contributed by atoms with Crippen LogP contribution in [0.2, 0.25) is 0 Å². The summed E-state index contributed by atoms with van der Waals surface area (Å²) >= 11 is 0. The molecule has 0 aromatic carbocycles. The summed E-state index contributed by atoms with van der Waals surface area (Å²) in [6.45, 7) is 0.716. The van der Waals surface area contributed by atoms with Crippen LogP contribution in [0.15, 0.2) is 30.7 Å². The summed E-state index contributed by atoms with van der Waals surface area (Å²) in [7, 11) is 0. The molecule has 0 aliphatic heterocycles. The normalized spacial score (nSPS) is 27.6. The largest absolute Gasteiger partial charge is 0.396 e. The van der Waals surface area contributed by atoms with Crippen molar-refractivity contribution in [2.75, 3.05) is 13.2 Å². The molecule has 2 aromatic rings. The summed E-state index contributed by atoms with van der Waals surface area (Å²) in [5.74, 6) is 1.20. The van der Waals surface area contributed by atoms with Gasteiger partial charge < -0.3 is 14.8 Å². The Bertz CT molecular complexity index is 703. The van der Waals surface area contributed by atoms with E-state index in [0.29, 0.717) is 18.2 Å². The quantitative estimate of drug-likeness (QED) is 0.885. The molecule has 2 saturated carbocycles. The first-order chi connectivity index (χ1) is 10.7. The van der Waals surface area contributed by atoms with Crippen LogP contribution in [0.3, 0.4) is 0 Å². The van der Waals surface area contributed by atoms with Gasteiger partial charge in [0.1, 0.15) is 6.33 Å². The number of rotatable bonds is 5. The second-order valence-corrected chi connectivity index (χ2v) is 6.77. The standard InChI is InChI=1S/C17H21N3O2/c21-10-17(7-6-13(17)12-4-5-12)9-18-16(22)15-14-3-1-2-8-20(14)11-19-15/h1-3,8,11-13,21H,4-7,9-10H2,(H,18,22). The first-order valence-corrected chi connectivity index (χ1v) is 8.04. The van der Waals surface area contributed by atoms with Gasteiger partial charge in [0.25, 0.3) is 5.91 Å². The molecule has 2 fully saturated rings. The number of aliphatic hydroxyl groups excluding tert-OH is 1. The van der Waals surface area contributed by atoms with Gasteiger partial charge >= 0.3 is 0 Å². The summed E-state index contributed by atoms with van der Waals surface area (Å²) in [6, 6.07) is 5.70. The van der Waals surface area contributed by atoms with Gasteiger partial charge in [-0.1, -0.05) is 6.07 Å². The van der Waals surface area contributed by atoms with Crippen molar-refractivity contribution in [1.29, 1.82) is 0 Å². The van der Waals surface area contributed by atoms with E-state index in [2.05, 4.69) is 10.3 Å². The van der Waals surface area contributed by atoms with Crippen molar-refractivity contribution in [2.24, 2.45) is 17.3 Å². The topological polar surface area (TPSA) is 66.6 Å². The number of fused-ring (bicyclic) bond motifs is 1. The maximum atomic E-state index is 12.4. The lowest BCUT2D eigenvalue weighted by atomic mass is 9.58. The Labute approximate surface area is 129 Å². The minimum Gasteiger partial charge on any atom is -0.396 e. The van der Waals surface area contributed by atoms with Crippen LogP contribution < -0.4 is 5.32 Å². The summed E-state index contributed by atoms with van der Waals surface area (Å²) in [5.41, 5.74) is 1.16. The molecule has 2 atom stereocenters. The van der Waals surface area contributed by atoms with Crippen LogP contribution in [0.25, 0.3) is 5.52 Å². The molecule has 0 spiro atoms. The molecule has 116 valence electrons. The van der Waals surface area contributed by atoms with Gasteiger partial charge in [-0.25, -0.2) is 4.98 Å². The SMILES string of the molecule is O=C(NCC1(CO)CCC1C1CC1)c1ncn2ccccc12. The summed E-state index contributed by atoms with van der Waals surface area (Å²) < 4.78 is 1.84. The molecule has 4 rings (SSSR count). The van der Waals surface area contributed by atoms with Gasteiger partial charge in [-0.05, 0) is 49.7 Å². The second-order valence-electron chi connectivity index (χ2n) is 6.77. The number of nitrogens with zero attached hydrogens (tertiary/aromatic N) is 2. The summed E-state index contributed by atoms with van der Waals surface area (Å²) in [4.78, 5) is 16.7. The van der Waals surface area contributed by atoms with Crippen LogP contribution >= 0.6 is 0 Å². The smallest absolute Gasteiger partial charge is 0.272 e. The molecule has 5 nitrogen and oxygen atoms in total. The molecule has 0 radical (unpaired) electrons. The second kappa shape index (κ2) is 5.09. The lowest BCUT2D eigenvalue weighted by Crippen LogP contribution is -2.52. The van der Waals surface area contributed by atoms with Gasteiger partial charge in [-0.2, -0.15) is 0 Å². The maximum absolute atomic E-state index is 12.4. The molecule has 2 unspecified atom stereocenters. The van der Waals surface area contributed by atoms with E-state index < -0.39 is 0 Å². The third-order valence-electron chi connectivity index (χ3n) is 5.51.